The van der Waals surface area contributed by atoms with Crippen LogP contribution in [0.25, 0.3) is 0 Å². The second kappa shape index (κ2) is 8.12. The van der Waals surface area contributed by atoms with Crippen LogP contribution < -0.4 is 10.6 Å². The third kappa shape index (κ3) is 8.25. The highest BCUT2D eigenvalue weighted by atomic mass is 16.1. The molecule has 0 radical (unpaired) electrons. The van der Waals surface area contributed by atoms with Crippen LogP contribution in [0.3, 0.4) is 0 Å². The van der Waals surface area contributed by atoms with Gasteiger partial charge in [-0.3, -0.25) is 4.79 Å². The van der Waals surface area contributed by atoms with E-state index in [9.17, 15) is 4.79 Å². The molecule has 0 rings (SSSR count). The number of hydrogen-bond donors (Lipinski definition) is 2. The van der Waals surface area contributed by atoms with Crippen LogP contribution in [0, 0.1) is 16.7 Å². The van der Waals surface area contributed by atoms with Gasteiger partial charge in [-0.15, -0.1) is 0 Å². The van der Waals surface area contributed by atoms with Crippen molar-refractivity contribution in [2.75, 3.05) is 19.6 Å². The molecule has 0 bridgehead atoms. The molecule has 16 heavy (non-hydrogen) atoms. The fourth-order valence-corrected chi connectivity index (χ4v) is 1.24. The van der Waals surface area contributed by atoms with Crippen LogP contribution >= 0.6 is 0 Å². The van der Waals surface area contributed by atoms with E-state index in [1.54, 1.807) is 0 Å². The number of rotatable bonds is 8. The van der Waals surface area contributed by atoms with Crippen LogP contribution in [0.2, 0.25) is 0 Å². The summed E-state index contributed by atoms with van der Waals surface area (Å²) in [5.74, 6) is 0.0430. The minimum atomic E-state index is -0.258. The van der Waals surface area contributed by atoms with Gasteiger partial charge in [-0.05, 0) is 39.7 Å². The SMILES string of the molecule is CCCNC(=O)CNCCCC(C)(C)C#N. The number of carbonyl (C=O) groups is 1. The maximum absolute atomic E-state index is 11.2. The van der Waals surface area contributed by atoms with Crippen molar-refractivity contribution < 1.29 is 4.79 Å². The maximum Gasteiger partial charge on any atom is 0.233 e. The molecular formula is C12H23N3O. The van der Waals surface area contributed by atoms with Gasteiger partial charge in [0.2, 0.25) is 5.91 Å². The third-order valence-electron chi connectivity index (χ3n) is 2.32. The van der Waals surface area contributed by atoms with Crippen molar-refractivity contribution in [3.8, 4) is 6.07 Å². The molecule has 0 fully saturated rings. The van der Waals surface area contributed by atoms with E-state index in [4.69, 9.17) is 5.26 Å². The first-order valence-electron chi connectivity index (χ1n) is 5.90. The molecule has 2 N–H and O–H groups in total. The molecule has 4 nitrogen and oxygen atoms in total. The fraction of sp³-hybridized carbons (Fsp3) is 0.833. The second-order valence-corrected chi connectivity index (χ2v) is 4.63. The topological polar surface area (TPSA) is 64.9 Å². The molecule has 0 unspecified atom stereocenters. The van der Waals surface area contributed by atoms with Crippen molar-refractivity contribution in [1.82, 2.24) is 10.6 Å². The van der Waals surface area contributed by atoms with Crippen molar-refractivity contribution >= 4 is 5.91 Å². The Balaban J connectivity index is 3.41. The fourth-order valence-electron chi connectivity index (χ4n) is 1.24. The van der Waals surface area contributed by atoms with E-state index in [1.165, 1.54) is 0 Å². The van der Waals surface area contributed by atoms with Crippen molar-refractivity contribution in [3.05, 3.63) is 0 Å². The Bertz CT molecular complexity index is 243. The lowest BCUT2D eigenvalue weighted by atomic mass is 9.90. The molecule has 4 heteroatoms. The summed E-state index contributed by atoms with van der Waals surface area (Å²) >= 11 is 0. The summed E-state index contributed by atoms with van der Waals surface area (Å²) < 4.78 is 0. The van der Waals surface area contributed by atoms with Gasteiger partial charge in [-0.25, -0.2) is 0 Å². The van der Waals surface area contributed by atoms with Gasteiger partial charge in [0, 0.05) is 6.54 Å². The first kappa shape index (κ1) is 14.9. The van der Waals surface area contributed by atoms with E-state index in [0.29, 0.717) is 6.54 Å². The number of nitrogens with one attached hydrogen (secondary N) is 2. The number of nitriles is 1. The maximum atomic E-state index is 11.2. The molecule has 92 valence electrons. The molecule has 0 aliphatic heterocycles. The highest BCUT2D eigenvalue weighted by molar-refractivity contribution is 5.77. The molecule has 0 aromatic carbocycles. The second-order valence-electron chi connectivity index (χ2n) is 4.63. The lowest BCUT2D eigenvalue weighted by Crippen LogP contribution is -2.34. The van der Waals surface area contributed by atoms with Crippen molar-refractivity contribution in [1.29, 1.82) is 5.26 Å². The zero-order chi connectivity index (χ0) is 12.4. The van der Waals surface area contributed by atoms with Gasteiger partial charge in [0.25, 0.3) is 0 Å². The summed E-state index contributed by atoms with van der Waals surface area (Å²) in [5, 5.41) is 14.7. The first-order valence-corrected chi connectivity index (χ1v) is 5.90. The van der Waals surface area contributed by atoms with Crippen LogP contribution in [-0.2, 0) is 4.79 Å². The Morgan fingerprint density at radius 2 is 2.06 bits per heavy atom. The molecule has 0 saturated heterocycles. The van der Waals surface area contributed by atoms with Crippen LogP contribution in [0.1, 0.15) is 40.0 Å². The molecule has 0 aliphatic carbocycles. The normalized spacial score (nSPS) is 10.9. The van der Waals surface area contributed by atoms with E-state index in [0.717, 1.165) is 32.4 Å². The highest BCUT2D eigenvalue weighted by Gasteiger charge is 2.15. The van der Waals surface area contributed by atoms with E-state index in [2.05, 4.69) is 16.7 Å². The largest absolute Gasteiger partial charge is 0.355 e. The number of carbonyl (C=O) groups excluding carboxylic acids is 1. The van der Waals surface area contributed by atoms with Gasteiger partial charge in [-0.2, -0.15) is 5.26 Å². The molecule has 1 amide bonds. The Morgan fingerprint density at radius 1 is 1.38 bits per heavy atom. The average Bonchev–Trinajstić information content (AvgIpc) is 2.25. The van der Waals surface area contributed by atoms with Gasteiger partial charge in [0.15, 0.2) is 0 Å². The van der Waals surface area contributed by atoms with Crippen LogP contribution in [-0.4, -0.2) is 25.5 Å². The zero-order valence-electron chi connectivity index (χ0n) is 10.6. The Morgan fingerprint density at radius 3 is 2.62 bits per heavy atom. The van der Waals surface area contributed by atoms with Gasteiger partial charge < -0.3 is 10.6 Å². The van der Waals surface area contributed by atoms with Gasteiger partial charge in [0.05, 0.1) is 18.0 Å². The number of nitrogens with zero attached hydrogens (tertiary/aromatic N) is 1. The molecule has 0 atom stereocenters. The first-order chi connectivity index (χ1) is 7.52. The summed E-state index contributed by atoms with van der Waals surface area (Å²) in [6, 6.07) is 2.26. The molecule has 0 aliphatic rings. The predicted octanol–water partition coefficient (Wildman–Crippen LogP) is 1.43. The van der Waals surface area contributed by atoms with E-state index < -0.39 is 0 Å². The van der Waals surface area contributed by atoms with Crippen LogP contribution in [0.4, 0.5) is 0 Å². The molecule has 0 heterocycles. The van der Waals surface area contributed by atoms with Gasteiger partial charge in [-0.1, -0.05) is 6.92 Å². The van der Waals surface area contributed by atoms with Crippen molar-refractivity contribution in [2.45, 2.75) is 40.0 Å². The molecule has 0 saturated carbocycles. The number of amides is 1. The minimum Gasteiger partial charge on any atom is -0.355 e. The van der Waals surface area contributed by atoms with Crippen LogP contribution in [0.5, 0.6) is 0 Å². The standard InChI is InChI=1S/C12H23N3O/c1-4-7-15-11(16)9-14-8-5-6-12(2,3)10-13/h14H,4-9H2,1-3H3,(H,15,16). The van der Waals surface area contributed by atoms with Gasteiger partial charge >= 0.3 is 0 Å². The minimum absolute atomic E-state index is 0.0430. The molecule has 0 aromatic heterocycles. The van der Waals surface area contributed by atoms with Crippen molar-refractivity contribution in [2.24, 2.45) is 5.41 Å². The molecule has 0 aromatic rings. The van der Waals surface area contributed by atoms with Crippen molar-refractivity contribution in [3.63, 3.8) is 0 Å². The summed E-state index contributed by atoms with van der Waals surface area (Å²) in [4.78, 5) is 11.2. The quantitative estimate of drug-likeness (QED) is 0.614. The molecular weight excluding hydrogens is 202 g/mol. The van der Waals surface area contributed by atoms with E-state index in [-0.39, 0.29) is 11.3 Å². The Hall–Kier alpha value is -1.08. The average molecular weight is 225 g/mol. The van der Waals surface area contributed by atoms with E-state index in [1.807, 2.05) is 20.8 Å². The smallest absolute Gasteiger partial charge is 0.233 e. The lowest BCUT2D eigenvalue weighted by molar-refractivity contribution is -0.120. The van der Waals surface area contributed by atoms with Crippen LogP contribution in [0.15, 0.2) is 0 Å². The Kier molecular flexibility index (Phi) is 7.57. The lowest BCUT2D eigenvalue weighted by Gasteiger charge is -2.14. The third-order valence-corrected chi connectivity index (χ3v) is 2.32. The number of hydrogen-bond acceptors (Lipinski definition) is 3. The summed E-state index contributed by atoms with van der Waals surface area (Å²) in [7, 11) is 0. The highest BCUT2D eigenvalue weighted by Crippen LogP contribution is 2.19. The monoisotopic (exact) mass is 225 g/mol. The summed E-state index contributed by atoms with van der Waals surface area (Å²) in [5.41, 5.74) is -0.258. The van der Waals surface area contributed by atoms with Gasteiger partial charge in [0.1, 0.15) is 0 Å². The summed E-state index contributed by atoms with van der Waals surface area (Å²) in [6.07, 6.45) is 2.73. The molecule has 0 spiro atoms. The predicted molar refractivity (Wildman–Crippen MR) is 64.8 cm³/mol. The summed E-state index contributed by atoms with van der Waals surface area (Å²) in [6.45, 7) is 7.78. The zero-order valence-corrected chi connectivity index (χ0v) is 10.6. The van der Waals surface area contributed by atoms with E-state index >= 15 is 0 Å². The Labute approximate surface area is 98.4 Å².